The number of aromatic hydroxyl groups is 2. The van der Waals surface area contributed by atoms with Crippen LogP contribution in [0.3, 0.4) is 0 Å². The lowest BCUT2D eigenvalue weighted by Crippen LogP contribution is -2.59. The molecule has 5 rings (SSSR count). The van der Waals surface area contributed by atoms with Crippen LogP contribution in [0.5, 0.6) is 23.0 Å². The number of benzene rings is 2. The SMILES string of the molecule is COc1c(O)cc2c(=O)oc3c(O[C@@H]4O[C@H](C)[C@@H](O)[C@@H](OC(C)=O)[C@H]4O)c(O)cc4c(=O)oc1c2c34. The van der Waals surface area contributed by atoms with Gasteiger partial charge in [0, 0.05) is 17.7 Å². The molecular weight excluding hydrogens is 484 g/mol. The molecule has 5 atom stereocenters. The molecule has 0 spiro atoms. The van der Waals surface area contributed by atoms with Gasteiger partial charge in [-0.25, -0.2) is 9.59 Å². The second-order valence-corrected chi connectivity index (χ2v) is 8.32. The van der Waals surface area contributed by atoms with Crippen LogP contribution in [0.25, 0.3) is 32.7 Å². The molecule has 0 amide bonds. The molecule has 1 aliphatic heterocycles. The van der Waals surface area contributed by atoms with E-state index in [2.05, 4.69) is 0 Å². The van der Waals surface area contributed by atoms with Gasteiger partial charge < -0.3 is 48.2 Å². The maximum atomic E-state index is 12.8. The second kappa shape index (κ2) is 8.26. The molecular formula is C23H20O13. The molecule has 1 fully saturated rings. The zero-order valence-corrected chi connectivity index (χ0v) is 19.0. The predicted molar refractivity (Wildman–Crippen MR) is 120 cm³/mol. The summed E-state index contributed by atoms with van der Waals surface area (Å²) in [6.45, 7) is 2.53. The van der Waals surface area contributed by atoms with Crippen molar-refractivity contribution in [3.05, 3.63) is 33.0 Å². The van der Waals surface area contributed by atoms with Gasteiger partial charge in [0.25, 0.3) is 0 Å². The molecule has 2 aromatic heterocycles. The zero-order valence-electron chi connectivity index (χ0n) is 19.0. The summed E-state index contributed by atoms with van der Waals surface area (Å²) in [6, 6.07) is 2.10. The highest BCUT2D eigenvalue weighted by Gasteiger charge is 2.46. The van der Waals surface area contributed by atoms with Crippen LogP contribution in [0.1, 0.15) is 13.8 Å². The largest absolute Gasteiger partial charge is 0.504 e. The Kier molecular flexibility index (Phi) is 5.43. The summed E-state index contributed by atoms with van der Waals surface area (Å²) in [7, 11) is 1.23. The number of esters is 1. The van der Waals surface area contributed by atoms with Crippen LogP contribution < -0.4 is 20.7 Å². The molecule has 3 heterocycles. The second-order valence-electron chi connectivity index (χ2n) is 8.32. The Morgan fingerprint density at radius 1 is 0.917 bits per heavy atom. The average molecular weight is 504 g/mol. The van der Waals surface area contributed by atoms with Crippen molar-refractivity contribution < 1.29 is 53.0 Å². The molecule has 13 heteroatoms. The third kappa shape index (κ3) is 3.39. The van der Waals surface area contributed by atoms with Crippen molar-refractivity contribution in [3.8, 4) is 23.0 Å². The molecule has 0 bridgehead atoms. The summed E-state index contributed by atoms with van der Waals surface area (Å²) in [6.07, 6.45) is -7.11. The van der Waals surface area contributed by atoms with Gasteiger partial charge in [0.2, 0.25) is 17.8 Å². The fourth-order valence-corrected chi connectivity index (χ4v) is 4.41. The number of hydrogen-bond donors (Lipinski definition) is 4. The standard InChI is InChI=1S/C23H20O13/c1-6-14(27)20(33-7(2)24)15(28)23(32-6)36-17-11(26)5-9-13-12-8(22(30)35-19(13)17)4-10(25)16(31-3)18(12)34-21(9)29/h4-6,14-15,20,23,25-28H,1-3H3/t6-,14-,15-,20-,23+/m1/s1. The Balaban J connectivity index is 1.74. The van der Waals surface area contributed by atoms with Crippen molar-refractivity contribution >= 4 is 38.7 Å². The van der Waals surface area contributed by atoms with Crippen molar-refractivity contribution in [1.82, 2.24) is 0 Å². The van der Waals surface area contributed by atoms with Crippen molar-refractivity contribution in [2.75, 3.05) is 7.11 Å². The minimum atomic E-state index is -1.72. The smallest absolute Gasteiger partial charge is 0.344 e. The lowest BCUT2D eigenvalue weighted by atomic mass is 9.99. The minimum absolute atomic E-state index is 0.0110. The monoisotopic (exact) mass is 504 g/mol. The van der Waals surface area contributed by atoms with Gasteiger partial charge in [-0.3, -0.25) is 4.79 Å². The fraction of sp³-hybridized carbons (Fsp3) is 0.348. The lowest BCUT2D eigenvalue weighted by Gasteiger charge is -2.40. The topological polar surface area (TPSA) is 195 Å². The first kappa shape index (κ1) is 23.7. The van der Waals surface area contributed by atoms with E-state index in [1.54, 1.807) is 0 Å². The molecule has 0 unspecified atom stereocenters. The van der Waals surface area contributed by atoms with E-state index in [1.165, 1.54) is 14.0 Å². The Bertz CT molecular complexity index is 1620. The maximum Gasteiger partial charge on any atom is 0.344 e. The highest BCUT2D eigenvalue weighted by Crippen LogP contribution is 2.46. The Morgan fingerprint density at radius 3 is 1.97 bits per heavy atom. The van der Waals surface area contributed by atoms with Gasteiger partial charge in [0.1, 0.15) is 6.10 Å². The minimum Gasteiger partial charge on any atom is -0.504 e. The molecule has 0 radical (unpaired) electrons. The van der Waals surface area contributed by atoms with E-state index in [0.29, 0.717) is 0 Å². The quantitative estimate of drug-likeness (QED) is 0.172. The maximum absolute atomic E-state index is 12.8. The van der Waals surface area contributed by atoms with Crippen LogP contribution in [-0.2, 0) is 14.3 Å². The van der Waals surface area contributed by atoms with E-state index in [9.17, 15) is 34.8 Å². The van der Waals surface area contributed by atoms with E-state index in [0.717, 1.165) is 19.1 Å². The van der Waals surface area contributed by atoms with E-state index >= 15 is 0 Å². The van der Waals surface area contributed by atoms with Gasteiger partial charge in [-0.1, -0.05) is 0 Å². The van der Waals surface area contributed by atoms with Gasteiger partial charge in [-0.2, -0.15) is 0 Å². The lowest BCUT2D eigenvalue weighted by molar-refractivity contribution is -0.272. The number of ether oxygens (including phenoxy) is 4. The first-order valence-corrected chi connectivity index (χ1v) is 10.7. The van der Waals surface area contributed by atoms with Gasteiger partial charge >= 0.3 is 17.2 Å². The van der Waals surface area contributed by atoms with Crippen LogP contribution in [0, 0.1) is 0 Å². The molecule has 4 aromatic rings. The van der Waals surface area contributed by atoms with Gasteiger partial charge in [0.15, 0.2) is 34.9 Å². The van der Waals surface area contributed by atoms with E-state index in [4.69, 9.17) is 27.8 Å². The number of aliphatic hydroxyl groups excluding tert-OH is 2. The molecule has 36 heavy (non-hydrogen) atoms. The number of carbonyl (C=O) groups excluding carboxylic acids is 1. The van der Waals surface area contributed by atoms with Crippen molar-refractivity contribution in [2.24, 2.45) is 0 Å². The number of hydrogen-bond acceptors (Lipinski definition) is 13. The zero-order chi connectivity index (χ0) is 26.0. The van der Waals surface area contributed by atoms with Crippen LogP contribution >= 0.6 is 0 Å². The van der Waals surface area contributed by atoms with Gasteiger partial charge in [-0.15, -0.1) is 0 Å². The van der Waals surface area contributed by atoms with Gasteiger partial charge in [-0.05, 0) is 19.1 Å². The first-order valence-electron chi connectivity index (χ1n) is 10.7. The highest BCUT2D eigenvalue weighted by molar-refractivity contribution is 6.22. The van der Waals surface area contributed by atoms with Gasteiger partial charge in [0.05, 0.1) is 24.0 Å². The molecule has 2 aromatic carbocycles. The number of aliphatic hydroxyl groups is 2. The van der Waals surface area contributed by atoms with Crippen LogP contribution in [0.15, 0.2) is 30.6 Å². The number of methoxy groups -OCH3 is 1. The summed E-state index contributed by atoms with van der Waals surface area (Å²) < 4.78 is 32.0. The molecule has 0 aliphatic carbocycles. The average Bonchev–Trinajstić information content (AvgIpc) is 2.81. The van der Waals surface area contributed by atoms with Crippen LogP contribution in [0.2, 0.25) is 0 Å². The number of carbonyl (C=O) groups is 1. The summed E-state index contributed by atoms with van der Waals surface area (Å²) >= 11 is 0. The summed E-state index contributed by atoms with van der Waals surface area (Å²) in [5.74, 6) is -2.59. The first-order chi connectivity index (χ1) is 17.0. The molecule has 1 saturated heterocycles. The Hall–Kier alpha value is -4.07. The fourth-order valence-electron chi connectivity index (χ4n) is 4.41. The number of rotatable bonds is 4. The molecule has 1 aliphatic rings. The summed E-state index contributed by atoms with van der Waals surface area (Å²) in [4.78, 5) is 37.0. The molecule has 13 nitrogen and oxygen atoms in total. The summed E-state index contributed by atoms with van der Waals surface area (Å²) in [5, 5.41) is 41.7. The highest BCUT2D eigenvalue weighted by atomic mass is 16.7. The normalized spacial score (nSPS) is 24.4. The Morgan fingerprint density at radius 2 is 1.44 bits per heavy atom. The predicted octanol–water partition coefficient (Wildman–Crippen LogP) is 0.687. The van der Waals surface area contributed by atoms with Crippen LogP contribution in [0.4, 0.5) is 0 Å². The van der Waals surface area contributed by atoms with Crippen molar-refractivity contribution in [1.29, 1.82) is 0 Å². The third-order valence-corrected chi connectivity index (χ3v) is 6.03. The number of phenolic OH excluding ortho intramolecular Hbond substituents is 2. The molecule has 190 valence electrons. The third-order valence-electron chi connectivity index (χ3n) is 6.03. The summed E-state index contributed by atoms with van der Waals surface area (Å²) in [5.41, 5.74) is -2.52. The Labute approximate surface area is 199 Å². The van der Waals surface area contributed by atoms with E-state index in [1.807, 2.05) is 0 Å². The van der Waals surface area contributed by atoms with Crippen molar-refractivity contribution in [2.45, 2.75) is 44.6 Å². The molecule has 4 N–H and O–H groups in total. The number of phenols is 2. The van der Waals surface area contributed by atoms with Crippen LogP contribution in [-0.4, -0.2) is 64.2 Å². The van der Waals surface area contributed by atoms with E-state index in [-0.39, 0.29) is 38.5 Å². The van der Waals surface area contributed by atoms with Crippen molar-refractivity contribution in [3.63, 3.8) is 0 Å². The van der Waals surface area contributed by atoms with E-state index < -0.39 is 65.2 Å². The molecule has 0 saturated carbocycles.